The van der Waals surface area contributed by atoms with Crippen molar-refractivity contribution in [2.75, 3.05) is 18.0 Å². The van der Waals surface area contributed by atoms with Gasteiger partial charge in [-0.2, -0.15) is 13.2 Å². The van der Waals surface area contributed by atoms with Crippen LogP contribution in [0.25, 0.3) is 0 Å². The summed E-state index contributed by atoms with van der Waals surface area (Å²) in [7, 11) is 0. The largest absolute Gasteiger partial charge is 0.480 e. The summed E-state index contributed by atoms with van der Waals surface area (Å²) in [5.74, 6) is -1.12. The molecule has 0 fully saturated rings. The minimum atomic E-state index is -4.53. The maximum atomic E-state index is 12.4. The third-order valence-corrected chi connectivity index (χ3v) is 2.06. The average molecular weight is 248 g/mol. The Kier molecular flexibility index (Phi) is 3.93. The second kappa shape index (κ2) is 5.03. The number of aliphatic carboxylic acids is 1. The third kappa shape index (κ3) is 3.61. The highest BCUT2D eigenvalue weighted by Gasteiger charge is 2.32. The number of likely N-dealkylation sites (N-methyl/N-ethyl adjacent to an activating group) is 1. The maximum Gasteiger partial charge on any atom is 0.433 e. The number of anilines is 1. The molecule has 17 heavy (non-hydrogen) atoms. The first-order chi connectivity index (χ1) is 7.84. The van der Waals surface area contributed by atoms with E-state index in [0.29, 0.717) is 0 Å². The van der Waals surface area contributed by atoms with Gasteiger partial charge in [-0.3, -0.25) is 4.79 Å². The van der Waals surface area contributed by atoms with Crippen LogP contribution >= 0.6 is 0 Å². The Hall–Kier alpha value is -1.79. The Balaban J connectivity index is 3.01. The fraction of sp³-hybridized carbons (Fsp3) is 0.400. The SMILES string of the molecule is CCN(CC(=O)O)c1cccc(C(F)(F)F)n1. The van der Waals surface area contributed by atoms with Gasteiger partial charge in [0.25, 0.3) is 0 Å². The van der Waals surface area contributed by atoms with Crippen molar-refractivity contribution in [3.8, 4) is 0 Å². The molecule has 1 heterocycles. The quantitative estimate of drug-likeness (QED) is 0.885. The van der Waals surface area contributed by atoms with Crippen LogP contribution in [0, 0.1) is 0 Å². The van der Waals surface area contributed by atoms with Crippen molar-refractivity contribution >= 4 is 11.8 Å². The van der Waals surface area contributed by atoms with Gasteiger partial charge in [0.05, 0.1) is 0 Å². The average Bonchev–Trinajstić information content (AvgIpc) is 2.24. The standard InChI is InChI=1S/C10H11F3N2O2/c1-2-15(6-9(16)17)8-5-3-4-7(14-8)10(11,12)13/h3-5H,2,6H2,1H3,(H,16,17). The van der Waals surface area contributed by atoms with Gasteiger partial charge in [-0.15, -0.1) is 0 Å². The molecule has 0 saturated carbocycles. The second-order valence-corrected chi connectivity index (χ2v) is 3.29. The topological polar surface area (TPSA) is 53.4 Å². The zero-order valence-corrected chi connectivity index (χ0v) is 9.03. The number of nitrogens with zero attached hydrogens (tertiary/aromatic N) is 2. The fourth-order valence-corrected chi connectivity index (χ4v) is 1.28. The van der Waals surface area contributed by atoms with Gasteiger partial charge in [0.1, 0.15) is 18.1 Å². The maximum absolute atomic E-state index is 12.4. The molecule has 0 aliphatic rings. The molecule has 0 spiro atoms. The molecular weight excluding hydrogens is 237 g/mol. The van der Waals surface area contributed by atoms with Gasteiger partial charge < -0.3 is 10.0 Å². The van der Waals surface area contributed by atoms with Crippen LogP contribution in [-0.2, 0) is 11.0 Å². The van der Waals surface area contributed by atoms with Crippen molar-refractivity contribution in [3.63, 3.8) is 0 Å². The van der Waals surface area contributed by atoms with Gasteiger partial charge in [-0.1, -0.05) is 6.07 Å². The summed E-state index contributed by atoms with van der Waals surface area (Å²) < 4.78 is 37.2. The normalized spacial score (nSPS) is 11.3. The Morgan fingerprint density at radius 3 is 2.59 bits per heavy atom. The summed E-state index contributed by atoms with van der Waals surface area (Å²) in [4.78, 5) is 15.2. The van der Waals surface area contributed by atoms with Crippen LogP contribution in [0.15, 0.2) is 18.2 Å². The van der Waals surface area contributed by atoms with Crippen molar-refractivity contribution < 1.29 is 23.1 Å². The van der Waals surface area contributed by atoms with Crippen LogP contribution in [0.2, 0.25) is 0 Å². The van der Waals surface area contributed by atoms with Crippen molar-refractivity contribution in [1.29, 1.82) is 0 Å². The lowest BCUT2D eigenvalue weighted by Crippen LogP contribution is -2.30. The Morgan fingerprint density at radius 1 is 1.47 bits per heavy atom. The molecule has 94 valence electrons. The third-order valence-electron chi connectivity index (χ3n) is 2.06. The summed E-state index contributed by atoms with van der Waals surface area (Å²) >= 11 is 0. The highest BCUT2D eigenvalue weighted by Crippen LogP contribution is 2.28. The van der Waals surface area contributed by atoms with Crippen LogP contribution in [0.1, 0.15) is 12.6 Å². The van der Waals surface area contributed by atoms with Crippen LogP contribution in [-0.4, -0.2) is 29.1 Å². The number of hydrogen-bond donors (Lipinski definition) is 1. The molecule has 0 bridgehead atoms. The van der Waals surface area contributed by atoms with Gasteiger partial charge in [0.2, 0.25) is 0 Å². The first kappa shape index (κ1) is 13.3. The number of pyridine rings is 1. The van der Waals surface area contributed by atoms with Crippen molar-refractivity contribution in [1.82, 2.24) is 4.98 Å². The van der Waals surface area contributed by atoms with E-state index in [2.05, 4.69) is 4.98 Å². The number of carboxylic acids is 1. The van der Waals surface area contributed by atoms with Gasteiger partial charge in [-0.25, -0.2) is 4.98 Å². The van der Waals surface area contributed by atoms with Crippen molar-refractivity contribution in [3.05, 3.63) is 23.9 Å². The monoisotopic (exact) mass is 248 g/mol. The highest BCUT2D eigenvalue weighted by molar-refractivity contribution is 5.73. The summed E-state index contributed by atoms with van der Waals surface area (Å²) in [5.41, 5.74) is -1.03. The van der Waals surface area contributed by atoms with E-state index in [0.717, 1.165) is 6.07 Å². The zero-order chi connectivity index (χ0) is 13.1. The second-order valence-electron chi connectivity index (χ2n) is 3.29. The van der Waals surface area contributed by atoms with Gasteiger partial charge in [-0.05, 0) is 19.1 Å². The molecule has 0 unspecified atom stereocenters. The van der Waals surface area contributed by atoms with E-state index in [1.807, 2.05) is 0 Å². The number of aromatic nitrogens is 1. The lowest BCUT2D eigenvalue weighted by Gasteiger charge is -2.20. The fourth-order valence-electron chi connectivity index (χ4n) is 1.28. The molecule has 1 rings (SSSR count). The summed E-state index contributed by atoms with van der Waals surface area (Å²) in [6.07, 6.45) is -4.53. The number of carbonyl (C=O) groups is 1. The Morgan fingerprint density at radius 2 is 2.12 bits per heavy atom. The van der Waals surface area contributed by atoms with Crippen LogP contribution < -0.4 is 4.90 Å². The van der Waals surface area contributed by atoms with E-state index in [9.17, 15) is 18.0 Å². The molecule has 0 aromatic carbocycles. The number of hydrogen-bond acceptors (Lipinski definition) is 3. The molecule has 0 saturated heterocycles. The van der Waals surface area contributed by atoms with E-state index >= 15 is 0 Å². The lowest BCUT2D eigenvalue weighted by atomic mass is 10.3. The summed E-state index contributed by atoms with van der Waals surface area (Å²) in [5, 5.41) is 8.61. The first-order valence-corrected chi connectivity index (χ1v) is 4.85. The number of carboxylic acid groups (broad SMARTS) is 1. The lowest BCUT2D eigenvalue weighted by molar-refractivity contribution is -0.141. The Bertz CT molecular complexity index is 407. The first-order valence-electron chi connectivity index (χ1n) is 4.85. The van der Waals surface area contributed by atoms with Crippen LogP contribution in [0.4, 0.5) is 19.0 Å². The molecule has 4 nitrogen and oxygen atoms in total. The molecule has 1 N–H and O–H groups in total. The van der Waals surface area contributed by atoms with E-state index in [-0.39, 0.29) is 18.9 Å². The summed E-state index contributed by atoms with van der Waals surface area (Å²) in [6, 6.07) is 3.40. The number of alkyl halides is 3. The summed E-state index contributed by atoms with van der Waals surface area (Å²) in [6.45, 7) is 1.52. The van der Waals surface area contributed by atoms with Gasteiger partial charge >= 0.3 is 12.1 Å². The predicted octanol–water partition coefficient (Wildman–Crippen LogP) is 2.01. The van der Waals surface area contributed by atoms with Gasteiger partial charge in [0, 0.05) is 6.54 Å². The van der Waals surface area contributed by atoms with Crippen molar-refractivity contribution in [2.45, 2.75) is 13.1 Å². The minimum absolute atomic E-state index is 0.00438. The smallest absolute Gasteiger partial charge is 0.433 e. The number of rotatable bonds is 4. The molecule has 1 aromatic rings. The Labute approximate surface area is 95.7 Å². The molecule has 0 aliphatic carbocycles. The highest BCUT2D eigenvalue weighted by atomic mass is 19.4. The molecule has 0 radical (unpaired) electrons. The molecule has 0 atom stereocenters. The molecular formula is C10H11F3N2O2. The van der Waals surface area contributed by atoms with E-state index in [1.54, 1.807) is 6.92 Å². The molecule has 7 heteroatoms. The molecule has 1 aromatic heterocycles. The number of halogens is 3. The predicted molar refractivity (Wildman–Crippen MR) is 54.8 cm³/mol. The van der Waals surface area contributed by atoms with E-state index < -0.39 is 17.8 Å². The molecule has 0 amide bonds. The van der Waals surface area contributed by atoms with Crippen molar-refractivity contribution in [2.24, 2.45) is 0 Å². The van der Waals surface area contributed by atoms with E-state index in [4.69, 9.17) is 5.11 Å². The van der Waals surface area contributed by atoms with E-state index in [1.165, 1.54) is 17.0 Å². The van der Waals surface area contributed by atoms with Crippen LogP contribution in [0.5, 0.6) is 0 Å². The minimum Gasteiger partial charge on any atom is -0.480 e. The zero-order valence-electron chi connectivity index (χ0n) is 9.03. The van der Waals surface area contributed by atoms with Gasteiger partial charge in [0.15, 0.2) is 0 Å². The van der Waals surface area contributed by atoms with Crippen LogP contribution in [0.3, 0.4) is 0 Å². The molecule has 0 aliphatic heterocycles.